The molecule has 92 valence electrons. The summed E-state index contributed by atoms with van der Waals surface area (Å²) in [7, 11) is 0. The van der Waals surface area contributed by atoms with Gasteiger partial charge in [0.25, 0.3) is 0 Å². The predicted octanol–water partition coefficient (Wildman–Crippen LogP) is 0.0218. The van der Waals surface area contributed by atoms with Crippen molar-refractivity contribution in [3.8, 4) is 0 Å². The van der Waals surface area contributed by atoms with Crippen LogP contribution in [0.2, 0.25) is 0 Å². The first-order chi connectivity index (χ1) is 7.52. The van der Waals surface area contributed by atoms with Crippen LogP contribution < -0.4 is 11.5 Å². The molecule has 0 aromatic heterocycles. The summed E-state index contributed by atoms with van der Waals surface area (Å²) in [6.07, 6.45) is 0.448. The summed E-state index contributed by atoms with van der Waals surface area (Å²) in [6.45, 7) is 4.02. The van der Waals surface area contributed by atoms with Gasteiger partial charge < -0.3 is 20.9 Å². The van der Waals surface area contributed by atoms with E-state index in [-0.39, 0.29) is 24.4 Å². The van der Waals surface area contributed by atoms with E-state index in [1.54, 1.807) is 6.92 Å². The zero-order valence-corrected chi connectivity index (χ0v) is 9.62. The third-order valence-corrected chi connectivity index (χ3v) is 1.66. The standard InChI is InChI=1S/C10H18N2O4/c1-3-5-16-8(13)6-7(9(11)12)10(14)15-4-2/h3-6,11-12H2,1-2H3. The van der Waals surface area contributed by atoms with Crippen LogP contribution in [-0.4, -0.2) is 25.2 Å². The number of carbonyl (C=O) groups excluding carboxylic acids is 2. The number of rotatable bonds is 6. The van der Waals surface area contributed by atoms with E-state index >= 15 is 0 Å². The molecular formula is C10H18N2O4. The molecular weight excluding hydrogens is 212 g/mol. The molecule has 0 bridgehead atoms. The minimum atomic E-state index is -0.684. The molecule has 0 aliphatic carbocycles. The molecule has 0 amide bonds. The first kappa shape index (κ1) is 14.3. The van der Waals surface area contributed by atoms with Gasteiger partial charge in [-0.2, -0.15) is 0 Å². The summed E-state index contributed by atoms with van der Waals surface area (Å²) in [5, 5.41) is 0. The Bertz CT molecular complexity index is 283. The van der Waals surface area contributed by atoms with E-state index in [4.69, 9.17) is 20.9 Å². The topological polar surface area (TPSA) is 105 Å². The molecule has 6 heteroatoms. The van der Waals surface area contributed by atoms with Crippen LogP contribution in [-0.2, 0) is 19.1 Å². The smallest absolute Gasteiger partial charge is 0.338 e. The first-order valence-electron chi connectivity index (χ1n) is 5.09. The number of nitrogens with two attached hydrogens (primary N) is 2. The molecule has 0 aromatic rings. The Labute approximate surface area is 94.6 Å². The summed E-state index contributed by atoms with van der Waals surface area (Å²) in [6, 6.07) is 0. The van der Waals surface area contributed by atoms with Crippen LogP contribution in [0.15, 0.2) is 11.4 Å². The minimum Gasteiger partial charge on any atom is -0.465 e. The van der Waals surface area contributed by atoms with E-state index in [0.29, 0.717) is 13.0 Å². The summed E-state index contributed by atoms with van der Waals surface area (Å²) in [4.78, 5) is 22.6. The van der Waals surface area contributed by atoms with E-state index in [0.717, 1.165) is 0 Å². The molecule has 0 aliphatic rings. The van der Waals surface area contributed by atoms with Gasteiger partial charge in [-0.15, -0.1) is 0 Å². The lowest BCUT2D eigenvalue weighted by Crippen LogP contribution is -2.22. The van der Waals surface area contributed by atoms with Crippen molar-refractivity contribution in [1.82, 2.24) is 0 Å². The van der Waals surface area contributed by atoms with Crippen molar-refractivity contribution in [3.63, 3.8) is 0 Å². The highest BCUT2D eigenvalue weighted by atomic mass is 16.5. The molecule has 0 radical (unpaired) electrons. The third kappa shape index (κ3) is 5.23. The number of hydrogen-bond donors (Lipinski definition) is 2. The predicted molar refractivity (Wildman–Crippen MR) is 57.9 cm³/mol. The molecule has 0 aromatic carbocycles. The SMILES string of the molecule is CCCOC(=O)CC(C(=O)OCC)=C(N)N. The second-order valence-corrected chi connectivity index (χ2v) is 3.05. The Morgan fingerprint density at radius 3 is 2.19 bits per heavy atom. The van der Waals surface area contributed by atoms with Crippen LogP contribution >= 0.6 is 0 Å². The Kier molecular flexibility index (Phi) is 6.74. The van der Waals surface area contributed by atoms with Crippen molar-refractivity contribution in [2.24, 2.45) is 11.5 Å². The molecule has 0 spiro atoms. The van der Waals surface area contributed by atoms with Crippen LogP contribution in [0, 0.1) is 0 Å². The maximum Gasteiger partial charge on any atom is 0.338 e. The third-order valence-electron chi connectivity index (χ3n) is 1.66. The van der Waals surface area contributed by atoms with E-state index in [1.165, 1.54) is 0 Å². The highest BCUT2D eigenvalue weighted by Crippen LogP contribution is 2.07. The fourth-order valence-electron chi connectivity index (χ4n) is 0.922. The second kappa shape index (κ2) is 7.56. The molecule has 0 unspecified atom stereocenters. The molecule has 0 rings (SSSR count). The summed E-state index contributed by atoms with van der Waals surface area (Å²) in [5.74, 6) is -1.44. The van der Waals surface area contributed by atoms with Crippen LogP contribution in [0.4, 0.5) is 0 Å². The fraction of sp³-hybridized carbons (Fsp3) is 0.600. The lowest BCUT2D eigenvalue weighted by atomic mass is 10.2. The van der Waals surface area contributed by atoms with Gasteiger partial charge in [-0.3, -0.25) is 4.79 Å². The largest absolute Gasteiger partial charge is 0.465 e. The zero-order chi connectivity index (χ0) is 12.6. The number of esters is 2. The van der Waals surface area contributed by atoms with Crippen LogP contribution in [0.1, 0.15) is 26.7 Å². The number of hydrogen-bond acceptors (Lipinski definition) is 6. The maximum atomic E-state index is 11.3. The summed E-state index contributed by atoms with van der Waals surface area (Å²) in [5.41, 5.74) is 10.5. The number of carbonyl (C=O) groups is 2. The van der Waals surface area contributed by atoms with E-state index in [1.807, 2.05) is 6.92 Å². The lowest BCUT2D eigenvalue weighted by molar-refractivity contribution is -0.146. The summed E-state index contributed by atoms with van der Waals surface area (Å²) < 4.78 is 9.51. The van der Waals surface area contributed by atoms with Crippen molar-refractivity contribution in [2.75, 3.05) is 13.2 Å². The zero-order valence-electron chi connectivity index (χ0n) is 9.62. The molecule has 0 atom stereocenters. The van der Waals surface area contributed by atoms with Gasteiger partial charge >= 0.3 is 11.9 Å². The second-order valence-electron chi connectivity index (χ2n) is 3.05. The van der Waals surface area contributed by atoms with Crippen molar-refractivity contribution in [2.45, 2.75) is 26.7 Å². The Hall–Kier alpha value is -1.72. The van der Waals surface area contributed by atoms with Gasteiger partial charge in [0.15, 0.2) is 0 Å². The Morgan fingerprint density at radius 2 is 1.75 bits per heavy atom. The van der Waals surface area contributed by atoms with Crippen LogP contribution in [0.25, 0.3) is 0 Å². The molecule has 0 saturated heterocycles. The van der Waals surface area contributed by atoms with Gasteiger partial charge in [0.05, 0.1) is 25.2 Å². The van der Waals surface area contributed by atoms with Gasteiger partial charge in [-0.05, 0) is 13.3 Å². The van der Waals surface area contributed by atoms with Crippen LogP contribution in [0.3, 0.4) is 0 Å². The van der Waals surface area contributed by atoms with Crippen LogP contribution in [0.5, 0.6) is 0 Å². The normalized spacial score (nSPS) is 9.38. The molecule has 0 saturated carbocycles. The molecule has 0 fully saturated rings. The fourth-order valence-corrected chi connectivity index (χ4v) is 0.922. The maximum absolute atomic E-state index is 11.3. The van der Waals surface area contributed by atoms with Gasteiger partial charge in [0, 0.05) is 0 Å². The Morgan fingerprint density at radius 1 is 1.12 bits per heavy atom. The molecule has 0 heterocycles. The van der Waals surface area contributed by atoms with Gasteiger partial charge in [-0.1, -0.05) is 6.92 Å². The average Bonchev–Trinajstić information content (AvgIpc) is 2.22. The minimum absolute atomic E-state index is 0.0528. The van der Waals surface area contributed by atoms with E-state index in [9.17, 15) is 9.59 Å². The van der Waals surface area contributed by atoms with Crippen molar-refractivity contribution >= 4 is 11.9 Å². The lowest BCUT2D eigenvalue weighted by Gasteiger charge is -2.08. The monoisotopic (exact) mass is 230 g/mol. The Balaban J connectivity index is 4.42. The number of ether oxygens (including phenoxy) is 2. The van der Waals surface area contributed by atoms with Gasteiger partial charge in [0.1, 0.15) is 5.82 Å². The highest BCUT2D eigenvalue weighted by Gasteiger charge is 2.18. The molecule has 16 heavy (non-hydrogen) atoms. The van der Waals surface area contributed by atoms with E-state index < -0.39 is 11.9 Å². The van der Waals surface area contributed by atoms with Crippen molar-refractivity contribution < 1.29 is 19.1 Å². The highest BCUT2D eigenvalue weighted by molar-refractivity contribution is 5.94. The van der Waals surface area contributed by atoms with E-state index in [2.05, 4.69) is 0 Å². The first-order valence-corrected chi connectivity index (χ1v) is 5.09. The quantitative estimate of drug-likeness (QED) is 0.492. The van der Waals surface area contributed by atoms with Crippen molar-refractivity contribution in [1.29, 1.82) is 0 Å². The molecule has 4 N–H and O–H groups in total. The van der Waals surface area contributed by atoms with Crippen molar-refractivity contribution in [3.05, 3.63) is 11.4 Å². The van der Waals surface area contributed by atoms with Gasteiger partial charge in [-0.25, -0.2) is 4.79 Å². The molecule has 0 aliphatic heterocycles. The molecule has 6 nitrogen and oxygen atoms in total. The summed E-state index contributed by atoms with van der Waals surface area (Å²) >= 11 is 0. The van der Waals surface area contributed by atoms with Gasteiger partial charge in [0.2, 0.25) is 0 Å². The average molecular weight is 230 g/mol.